The number of nitrogens with zero attached hydrogens (tertiary/aromatic N) is 2. The van der Waals surface area contributed by atoms with Crippen molar-refractivity contribution in [1.29, 1.82) is 0 Å². The number of benzene rings is 2. The third-order valence-electron chi connectivity index (χ3n) is 4.45. The highest BCUT2D eigenvalue weighted by molar-refractivity contribution is 8.01. The van der Waals surface area contributed by atoms with E-state index in [1.165, 1.54) is 11.8 Å². The normalized spacial score (nSPS) is 11.9. The Kier molecular flexibility index (Phi) is 6.61. The Labute approximate surface area is 183 Å². The summed E-state index contributed by atoms with van der Waals surface area (Å²) in [5.74, 6) is 1.06. The first kappa shape index (κ1) is 20.4. The lowest BCUT2D eigenvalue weighted by Crippen LogP contribution is -2.28. The minimum absolute atomic E-state index is 0.0217. The molecule has 30 heavy (non-hydrogen) atoms. The average molecular weight is 436 g/mol. The molecule has 5 nitrogen and oxygen atoms in total. The number of thioether (sulfide) groups is 1. The minimum Gasteiger partial charge on any atom is -0.487 e. The van der Waals surface area contributed by atoms with Crippen LogP contribution in [0.3, 0.4) is 0 Å². The van der Waals surface area contributed by atoms with E-state index in [1.54, 1.807) is 17.5 Å². The zero-order chi connectivity index (χ0) is 20.8. The molecule has 0 aliphatic rings. The lowest BCUT2D eigenvalue weighted by molar-refractivity contribution is -0.119. The molecule has 1 amide bonds. The predicted octanol–water partition coefficient (Wildman–Crippen LogP) is 5.24. The summed E-state index contributed by atoms with van der Waals surface area (Å²) in [4.78, 5) is 21.2. The number of fused-ring (bicyclic) bond motifs is 1. The number of amides is 1. The van der Waals surface area contributed by atoms with Crippen molar-refractivity contribution in [3.8, 4) is 5.75 Å². The van der Waals surface area contributed by atoms with Crippen LogP contribution in [0.15, 0.2) is 77.3 Å². The number of para-hydroxylation sites is 1. The molecule has 0 aliphatic carbocycles. The number of thiazole rings is 1. The lowest BCUT2D eigenvalue weighted by Gasteiger charge is -2.15. The van der Waals surface area contributed by atoms with Crippen molar-refractivity contribution in [1.82, 2.24) is 15.3 Å². The molecular formula is C23H21N3O2S2. The number of rotatable bonds is 8. The van der Waals surface area contributed by atoms with Gasteiger partial charge in [-0.15, -0.1) is 11.3 Å². The molecule has 2 aromatic heterocycles. The van der Waals surface area contributed by atoms with Gasteiger partial charge in [-0.05, 0) is 48.9 Å². The Morgan fingerprint density at radius 1 is 1.13 bits per heavy atom. The molecule has 0 aliphatic heterocycles. The third kappa shape index (κ3) is 5.37. The summed E-state index contributed by atoms with van der Waals surface area (Å²) >= 11 is 3.07. The first-order valence-electron chi connectivity index (χ1n) is 9.58. The Bertz CT molecular complexity index is 1100. The maximum absolute atomic E-state index is 12.4. The van der Waals surface area contributed by atoms with Gasteiger partial charge in [-0.25, -0.2) is 4.98 Å². The monoisotopic (exact) mass is 435 g/mol. The number of ether oxygens (including phenoxy) is 1. The molecule has 2 heterocycles. The number of carbonyl (C=O) groups is 1. The topological polar surface area (TPSA) is 64.1 Å². The molecule has 0 bridgehead atoms. The summed E-state index contributed by atoms with van der Waals surface area (Å²) in [5, 5.41) is 3.05. The van der Waals surface area contributed by atoms with Crippen LogP contribution in [0.5, 0.6) is 5.75 Å². The van der Waals surface area contributed by atoms with E-state index in [1.807, 2.05) is 73.7 Å². The molecule has 1 N–H and O–H groups in total. The number of hydrogen-bond donors (Lipinski definition) is 1. The molecular weight excluding hydrogens is 414 g/mol. The van der Waals surface area contributed by atoms with Crippen molar-refractivity contribution in [2.75, 3.05) is 5.75 Å². The van der Waals surface area contributed by atoms with Gasteiger partial charge in [0.2, 0.25) is 5.91 Å². The summed E-state index contributed by atoms with van der Waals surface area (Å²) in [6.45, 7) is 2.38. The van der Waals surface area contributed by atoms with Crippen LogP contribution in [0.25, 0.3) is 10.2 Å². The first-order chi connectivity index (χ1) is 14.7. The second-order valence-electron chi connectivity index (χ2n) is 6.71. The van der Waals surface area contributed by atoms with E-state index in [0.29, 0.717) is 12.4 Å². The zero-order valence-electron chi connectivity index (χ0n) is 16.4. The van der Waals surface area contributed by atoms with E-state index < -0.39 is 0 Å². The van der Waals surface area contributed by atoms with E-state index in [0.717, 1.165) is 31.6 Å². The molecule has 0 saturated heterocycles. The van der Waals surface area contributed by atoms with E-state index >= 15 is 0 Å². The third-order valence-corrected chi connectivity index (χ3v) is 6.63. The van der Waals surface area contributed by atoms with Crippen molar-refractivity contribution < 1.29 is 9.53 Å². The summed E-state index contributed by atoms with van der Waals surface area (Å²) in [6.07, 6.45) is 1.75. The van der Waals surface area contributed by atoms with E-state index in [9.17, 15) is 4.79 Å². The van der Waals surface area contributed by atoms with Gasteiger partial charge >= 0.3 is 0 Å². The van der Waals surface area contributed by atoms with Gasteiger partial charge in [0.05, 0.1) is 27.7 Å². The number of nitrogens with one attached hydrogen (secondary N) is 1. The number of carbonyl (C=O) groups excluding carboxylic acids is 1. The van der Waals surface area contributed by atoms with Gasteiger partial charge in [0.25, 0.3) is 0 Å². The molecule has 152 valence electrons. The van der Waals surface area contributed by atoms with Gasteiger partial charge in [0.15, 0.2) is 4.34 Å². The van der Waals surface area contributed by atoms with E-state index in [4.69, 9.17) is 4.74 Å². The van der Waals surface area contributed by atoms with Gasteiger partial charge in [0, 0.05) is 6.20 Å². The molecule has 0 spiro atoms. The molecule has 7 heteroatoms. The molecule has 2 aromatic carbocycles. The Morgan fingerprint density at radius 2 is 2.00 bits per heavy atom. The molecule has 0 fully saturated rings. The molecule has 1 unspecified atom stereocenters. The standard InChI is InChI=1S/C23H21N3O2S2/c1-16(17-7-6-9-19(13-17)28-14-18-8-4-5-12-24-18)25-22(27)15-29-23-26-20-10-2-3-11-21(20)30-23/h2-13,16H,14-15H2,1H3,(H,25,27). The van der Waals surface area contributed by atoms with Crippen LogP contribution in [0, 0.1) is 0 Å². The summed E-state index contributed by atoms with van der Waals surface area (Å²) in [6, 6.07) is 21.4. The fourth-order valence-corrected chi connectivity index (χ4v) is 4.80. The molecule has 4 rings (SSSR count). The lowest BCUT2D eigenvalue weighted by atomic mass is 10.1. The van der Waals surface area contributed by atoms with Crippen molar-refractivity contribution in [2.45, 2.75) is 23.9 Å². The number of aromatic nitrogens is 2. The van der Waals surface area contributed by atoms with E-state index in [-0.39, 0.29) is 11.9 Å². The SMILES string of the molecule is CC(NC(=O)CSc1nc2ccccc2s1)c1cccc(OCc2ccccn2)c1. The fourth-order valence-electron chi connectivity index (χ4n) is 2.92. The van der Waals surface area contributed by atoms with Crippen LogP contribution in [0.2, 0.25) is 0 Å². The molecule has 4 aromatic rings. The molecule has 0 radical (unpaired) electrons. The first-order valence-corrected chi connectivity index (χ1v) is 11.4. The van der Waals surface area contributed by atoms with Crippen LogP contribution in [-0.2, 0) is 11.4 Å². The quantitative estimate of drug-likeness (QED) is 0.384. The highest BCUT2D eigenvalue weighted by Gasteiger charge is 2.12. The fraction of sp³-hybridized carbons (Fsp3) is 0.174. The van der Waals surface area contributed by atoms with Crippen LogP contribution in [-0.4, -0.2) is 21.6 Å². The summed E-state index contributed by atoms with van der Waals surface area (Å²) < 4.78 is 7.88. The van der Waals surface area contributed by atoms with Crippen molar-refractivity contribution >= 4 is 39.2 Å². The smallest absolute Gasteiger partial charge is 0.230 e. The Morgan fingerprint density at radius 3 is 2.83 bits per heavy atom. The second kappa shape index (κ2) is 9.73. The van der Waals surface area contributed by atoms with E-state index in [2.05, 4.69) is 15.3 Å². The summed E-state index contributed by atoms with van der Waals surface area (Å²) in [7, 11) is 0. The average Bonchev–Trinajstić information content (AvgIpc) is 3.20. The largest absolute Gasteiger partial charge is 0.487 e. The summed E-state index contributed by atoms with van der Waals surface area (Å²) in [5.41, 5.74) is 2.84. The number of pyridine rings is 1. The minimum atomic E-state index is -0.119. The van der Waals surface area contributed by atoms with Gasteiger partial charge in [-0.1, -0.05) is 42.1 Å². The van der Waals surface area contributed by atoms with Gasteiger partial charge < -0.3 is 10.1 Å². The van der Waals surface area contributed by atoms with Crippen LogP contribution >= 0.6 is 23.1 Å². The Balaban J connectivity index is 1.30. The van der Waals surface area contributed by atoms with Crippen molar-refractivity contribution in [2.24, 2.45) is 0 Å². The maximum Gasteiger partial charge on any atom is 0.230 e. The second-order valence-corrected chi connectivity index (χ2v) is 8.96. The van der Waals surface area contributed by atoms with Crippen LogP contribution in [0.4, 0.5) is 0 Å². The van der Waals surface area contributed by atoms with Crippen LogP contribution in [0.1, 0.15) is 24.2 Å². The maximum atomic E-state index is 12.4. The van der Waals surface area contributed by atoms with Gasteiger partial charge in [0.1, 0.15) is 12.4 Å². The highest BCUT2D eigenvalue weighted by Crippen LogP contribution is 2.29. The van der Waals surface area contributed by atoms with Crippen molar-refractivity contribution in [3.05, 3.63) is 84.2 Å². The molecule has 1 atom stereocenters. The predicted molar refractivity (Wildman–Crippen MR) is 122 cm³/mol. The van der Waals surface area contributed by atoms with Gasteiger partial charge in [-0.3, -0.25) is 9.78 Å². The van der Waals surface area contributed by atoms with Crippen LogP contribution < -0.4 is 10.1 Å². The van der Waals surface area contributed by atoms with Crippen molar-refractivity contribution in [3.63, 3.8) is 0 Å². The van der Waals surface area contributed by atoms with Gasteiger partial charge in [-0.2, -0.15) is 0 Å². The zero-order valence-corrected chi connectivity index (χ0v) is 18.1. The molecule has 0 saturated carbocycles. The number of hydrogen-bond acceptors (Lipinski definition) is 6. The highest BCUT2D eigenvalue weighted by atomic mass is 32.2. The Hall–Kier alpha value is -2.90.